The van der Waals surface area contributed by atoms with Crippen LogP contribution in [0.15, 0.2) is 24.3 Å². The predicted molar refractivity (Wildman–Crippen MR) is 71.9 cm³/mol. The molecule has 0 bridgehead atoms. The van der Waals surface area contributed by atoms with Crippen molar-refractivity contribution >= 4 is 11.6 Å². The van der Waals surface area contributed by atoms with Crippen molar-refractivity contribution in [3.63, 3.8) is 0 Å². The van der Waals surface area contributed by atoms with Crippen LogP contribution in [0, 0.1) is 17.8 Å². The molecule has 0 aromatic heterocycles. The first-order chi connectivity index (χ1) is 8.75. The van der Waals surface area contributed by atoms with Gasteiger partial charge in [-0.25, -0.2) is 0 Å². The van der Waals surface area contributed by atoms with Gasteiger partial charge in [-0.15, -0.1) is 0 Å². The van der Waals surface area contributed by atoms with E-state index in [1.54, 1.807) is 0 Å². The zero-order chi connectivity index (χ0) is 12.5. The lowest BCUT2D eigenvalue weighted by Crippen LogP contribution is -2.28. The Hall–Kier alpha value is -1.51. The smallest absolute Gasteiger partial charge is 0.223 e. The number of carbonyl (C=O) groups is 1. The maximum absolute atomic E-state index is 11.9. The Labute approximate surface area is 108 Å². The molecule has 2 saturated carbocycles. The minimum absolute atomic E-state index is 0.278. The van der Waals surface area contributed by atoms with Gasteiger partial charge in [0.1, 0.15) is 0 Å². The molecular formula is C15H20N2O. The molecule has 3 heteroatoms. The van der Waals surface area contributed by atoms with Crippen LogP contribution in [-0.2, 0) is 11.2 Å². The van der Waals surface area contributed by atoms with E-state index in [0.717, 1.165) is 18.7 Å². The topological polar surface area (TPSA) is 55.1 Å². The number of nitrogen functional groups attached to an aromatic ring is 1. The third kappa shape index (κ3) is 2.22. The van der Waals surface area contributed by atoms with E-state index in [1.807, 2.05) is 24.3 Å². The molecule has 1 aromatic carbocycles. The van der Waals surface area contributed by atoms with Gasteiger partial charge in [-0.3, -0.25) is 4.79 Å². The minimum atomic E-state index is 0.278. The zero-order valence-electron chi connectivity index (χ0n) is 10.6. The van der Waals surface area contributed by atoms with E-state index >= 15 is 0 Å². The predicted octanol–water partition coefficient (Wildman–Crippen LogP) is 1.97. The van der Waals surface area contributed by atoms with Gasteiger partial charge in [0, 0.05) is 18.2 Å². The molecule has 1 aromatic rings. The SMILES string of the molecule is Nc1ccc(CCNC(=O)C2C3CCCC32)cc1. The number of anilines is 1. The van der Waals surface area contributed by atoms with Gasteiger partial charge in [-0.2, -0.15) is 0 Å². The molecule has 1 amide bonds. The Morgan fingerprint density at radius 3 is 2.56 bits per heavy atom. The van der Waals surface area contributed by atoms with E-state index < -0.39 is 0 Å². The Bertz CT molecular complexity index is 430. The van der Waals surface area contributed by atoms with Crippen molar-refractivity contribution in [3.05, 3.63) is 29.8 Å². The van der Waals surface area contributed by atoms with E-state index in [-0.39, 0.29) is 5.91 Å². The molecule has 0 spiro atoms. The second kappa shape index (κ2) is 4.63. The van der Waals surface area contributed by atoms with Crippen LogP contribution in [0.2, 0.25) is 0 Å². The average molecular weight is 244 g/mol. The molecule has 2 unspecified atom stereocenters. The minimum Gasteiger partial charge on any atom is -0.399 e. The van der Waals surface area contributed by atoms with Gasteiger partial charge in [0.25, 0.3) is 0 Å². The monoisotopic (exact) mass is 244 g/mol. The molecule has 0 aliphatic heterocycles. The number of nitrogens with two attached hydrogens (primary N) is 1. The van der Waals surface area contributed by atoms with E-state index in [0.29, 0.717) is 17.8 Å². The van der Waals surface area contributed by atoms with Crippen molar-refractivity contribution in [2.24, 2.45) is 17.8 Å². The van der Waals surface area contributed by atoms with E-state index in [4.69, 9.17) is 5.73 Å². The third-order valence-electron chi connectivity index (χ3n) is 4.40. The molecule has 0 radical (unpaired) electrons. The van der Waals surface area contributed by atoms with Crippen LogP contribution in [0.25, 0.3) is 0 Å². The molecule has 3 N–H and O–H groups in total. The van der Waals surface area contributed by atoms with Crippen LogP contribution in [0.1, 0.15) is 24.8 Å². The molecule has 2 aliphatic rings. The molecule has 0 heterocycles. The summed E-state index contributed by atoms with van der Waals surface area (Å²) >= 11 is 0. The summed E-state index contributed by atoms with van der Waals surface area (Å²) in [7, 11) is 0. The third-order valence-corrected chi connectivity index (χ3v) is 4.40. The number of hydrogen-bond donors (Lipinski definition) is 2. The number of rotatable bonds is 4. The second-order valence-corrected chi connectivity index (χ2v) is 5.57. The molecule has 3 nitrogen and oxygen atoms in total. The summed E-state index contributed by atoms with van der Waals surface area (Å²) < 4.78 is 0. The van der Waals surface area contributed by atoms with Gasteiger partial charge in [-0.05, 0) is 48.8 Å². The summed E-state index contributed by atoms with van der Waals surface area (Å²) in [5, 5.41) is 3.07. The Kier molecular flexibility index (Phi) is 2.98. The van der Waals surface area contributed by atoms with Crippen LogP contribution in [0.5, 0.6) is 0 Å². The van der Waals surface area contributed by atoms with Gasteiger partial charge in [0.05, 0.1) is 0 Å². The van der Waals surface area contributed by atoms with Crippen LogP contribution < -0.4 is 11.1 Å². The molecule has 18 heavy (non-hydrogen) atoms. The van der Waals surface area contributed by atoms with E-state index in [9.17, 15) is 4.79 Å². The number of hydrogen-bond acceptors (Lipinski definition) is 2. The van der Waals surface area contributed by atoms with Gasteiger partial charge >= 0.3 is 0 Å². The van der Waals surface area contributed by atoms with Gasteiger partial charge < -0.3 is 11.1 Å². The highest BCUT2D eigenvalue weighted by Gasteiger charge is 2.56. The lowest BCUT2D eigenvalue weighted by molar-refractivity contribution is -0.123. The highest BCUT2D eigenvalue weighted by molar-refractivity contribution is 5.82. The molecule has 2 atom stereocenters. The Morgan fingerprint density at radius 2 is 1.89 bits per heavy atom. The lowest BCUT2D eigenvalue weighted by atomic mass is 10.1. The van der Waals surface area contributed by atoms with Crippen LogP contribution in [-0.4, -0.2) is 12.5 Å². The van der Waals surface area contributed by atoms with Crippen LogP contribution in [0.3, 0.4) is 0 Å². The van der Waals surface area contributed by atoms with Crippen molar-refractivity contribution in [2.75, 3.05) is 12.3 Å². The number of fused-ring (bicyclic) bond motifs is 1. The quantitative estimate of drug-likeness (QED) is 0.796. The summed E-state index contributed by atoms with van der Waals surface area (Å²) in [5.74, 6) is 2.04. The first kappa shape index (κ1) is 11.6. The van der Waals surface area contributed by atoms with Crippen molar-refractivity contribution in [3.8, 4) is 0 Å². The molecule has 3 rings (SSSR count). The fourth-order valence-corrected chi connectivity index (χ4v) is 3.34. The number of benzene rings is 1. The van der Waals surface area contributed by atoms with Gasteiger partial charge in [0.2, 0.25) is 5.91 Å². The van der Waals surface area contributed by atoms with Crippen molar-refractivity contribution < 1.29 is 4.79 Å². The Balaban J connectivity index is 1.42. The van der Waals surface area contributed by atoms with E-state index in [2.05, 4.69) is 5.32 Å². The fraction of sp³-hybridized carbons (Fsp3) is 0.533. The standard InChI is InChI=1S/C15H20N2O/c16-11-6-4-10(5-7-11)8-9-17-15(18)14-12-2-1-3-13(12)14/h4-7,12-14H,1-3,8-9,16H2,(H,17,18). The summed E-state index contributed by atoms with van der Waals surface area (Å²) in [6, 6.07) is 7.85. The van der Waals surface area contributed by atoms with Crippen LogP contribution in [0.4, 0.5) is 5.69 Å². The normalized spacial score (nSPS) is 28.8. The van der Waals surface area contributed by atoms with Crippen molar-refractivity contribution in [1.82, 2.24) is 5.32 Å². The Morgan fingerprint density at radius 1 is 1.22 bits per heavy atom. The zero-order valence-corrected chi connectivity index (χ0v) is 10.6. The number of carbonyl (C=O) groups excluding carboxylic acids is 1. The second-order valence-electron chi connectivity index (χ2n) is 5.57. The average Bonchev–Trinajstić information content (AvgIpc) is 2.86. The highest BCUT2D eigenvalue weighted by Crippen LogP contribution is 2.57. The first-order valence-electron chi connectivity index (χ1n) is 6.88. The van der Waals surface area contributed by atoms with Crippen molar-refractivity contribution in [2.45, 2.75) is 25.7 Å². The first-order valence-corrected chi connectivity index (χ1v) is 6.88. The summed E-state index contributed by atoms with van der Waals surface area (Å²) in [4.78, 5) is 11.9. The summed E-state index contributed by atoms with van der Waals surface area (Å²) in [6.07, 6.45) is 4.74. The van der Waals surface area contributed by atoms with Gasteiger partial charge in [-0.1, -0.05) is 18.6 Å². The van der Waals surface area contributed by atoms with Gasteiger partial charge in [0.15, 0.2) is 0 Å². The molecule has 2 fully saturated rings. The maximum atomic E-state index is 11.9. The molecule has 0 saturated heterocycles. The molecular weight excluding hydrogens is 224 g/mol. The highest BCUT2D eigenvalue weighted by atomic mass is 16.2. The van der Waals surface area contributed by atoms with E-state index in [1.165, 1.54) is 24.8 Å². The summed E-state index contributed by atoms with van der Waals surface area (Å²) in [5.41, 5.74) is 7.64. The summed E-state index contributed by atoms with van der Waals surface area (Å²) in [6.45, 7) is 0.735. The van der Waals surface area contributed by atoms with Crippen molar-refractivity contribution in [1.29, 1.82) is 0 Å². The van der Waals surface area contributed by atoms with Crippen LogP contribution >= 0.6 is 0 Å². The lowest BCUT2D eigenvalue weighted by Gasteiger charge is -2.07. The number of nitrogens with one attached hydrogen (secondary N) is 1. The number of amides is 1. The molecule has 2 aliphatic carbocycles. The maximum Gasteiger partial charge on any atom is 0.223 e. The molecule has 96 valence electrons. The largest absolute Gasteiger partial charge is 0.399 e. The fourth-order valence-electron chi connectivity index (χ4n) is 3.34.